The third-order valence-electron chi connectivity index (χ3n) is 3.95. The van der Waals surface area contributed by atoms with Gasteiger partial charge in [-0.1, -0.05) is 6.07 Å². The summed E-state index contributed by atoms with van der Waals surface area (Å²) < 4.78 is 1.85. The van der Waals surface area contributed by atoms with E-state index in [0.29, 0.717) is 11.5 Å². The molecule has 0 atom stereocenters. The van der Waals surface area contributed by atoms with Crippen LogP contribution in [0.5, 0.6) is 0 Å². The zero-order valence-corrected chi connectivity index (χ0v) is 12.2. The van der Waals surface area contributed by atoms with Gasteiger partial charge >= 0.3 is 0 Å². The van der Waals surface area contributed by atoms with E-state index in [1.54, 1.807) is 0 Å². The van der Waals surface area contributed by atoms with Crippen molar-refractivity contribution in [3.05, 3.63) is 30.1 Å². The van der Waals surface area contributed by atoms with Gasteiger partial charge in [0, 0.05) is 26.3 Å². The molecular weight excluding hydrogens is 268 g/mol. The monoisotopic (exact) mass is 288 g/mol. The Morgan fingerprint density at radius 1 is 1.38 bits per heavy atom. The summed E-state index contributed by atoms with van der Waals surface area (Å²) in [6.07, 6.45) is 4.05. The molecule has 1 amide bonds. The van der Waals surface area contributed by atoms with Crippen LogP contribution in [0.2, 0.25) is 0 Å². The number of carbonyl (C=O) groups excluding carboxylic acids is 1. The Morgan fingerprint density at radius 2 is 2.14 bits per heavy atom. The summed E-state index contributed by atoms with van der Waals surface area (Å²) >= 11 is 0. The Balaban J connectivity index is 1.83. The lowest BCUT2D eigenvalue weighted by atomic mass is 10.4. The fourth-order valence-corrected chi connectivity index (χ4v) is 2.83. The van der Waals surface area contributed by atoms with E-state index in [1.165, 1.54) is 0 Å². The molecule has 0 saturated carbocycles. The van der Waals surface area contributed by atoms with Crippen molar-refractivity contribution < 1.29 is 9.90 Å². The summed E-state index contributed by atoms with van der Waals surface area (Å²) in [5.41, 5.74) is 1.49. The van der Waals surface area contributed by atoms with Crippen molar-refractivity contribution in [1.82, 2.24) is 14.3 Å². The summed E-state index contributed by atoms with van der Waals surface area (Å²) in [5.74, 6) is 0.784. The van der Waals surface area contributed by atoms with E-state index in [4.69, 9.17) is 0 Å². The van der Waals surface area contributed by atoms with Gasteiger partial charge in [-0.15, -0.1) is 0 Å². The van der Waals surface area contributed by atoms with Gasteiger partial charge in [-0.3, -0.25) is 9.20 Å². The van der Waals surface area contributed by atoms with Crippen LogP contribution in [0, 0.1) is 0 Å². The van der Waals surface area contributed by atoms with Crippen molar-refractivity contribution in [2.24, 2.45) is 0 Å². The van der Waals surface area contributed by atoms with Gasteiger partial charge in [-0.2, -0.15) is 0 Å². The van der Waals surface area contributed by atoms with E-state index in [-0.39, 0.29) is 19.1 Å². The van der Waals surface area contributed by atoms with Crippen molar-refractivity contribution >= 4 is 17.4 Å². The number of pyridine rings is 1. The first-order valence-electron chi connectivity index (χ1n) is 7.26. The molecule has 0 bridgehead atoms. The minimum atomic E-state index is -0.108. The lowest BCUT2D eigenvalue weighted by molar-refractivity contribution is -0.128. The topological polar surface area (TPSA) is 61.1 Å². The zero-order valence-electron chi connectivity index (χ0n) is 12.2. The van der Waals surface area contributed by atoms with Crippen molar-refractivity contribution in [3.63, 3.8) is 0 Å². The normalized spacial score (nSPS) is 14.9. The molecule has 3 heterocycles. The Morgan fingerprint density at radius 3 is 2.86 bits per heavy atom. The Hall–Kier alpha value is -2.08. The number of aliphatic hydroxyl groups excluding tert-OH is 1. The Labute approximate surface area is 123 Å². The Bertz CT molecular complexity index is 646. The van der Waals surface area contributed by atoms with Gasteiger partial charge in [0.15, 0.2) is 5.82 Å². The van der Waals surface area contributed by atoms with Crippen LogP contribution < -0.4 is 4.90 Å². The number of aliphatic hydroxyl groups is 1. The van der Waals surface area contributed by atoms with Gasteiger partial charge in [0.05, 0.1) is 18.8 Å². The van der Waals surface area contributed by atoms with Crippen LogP contribution in [-0.4, -0.2) is 52.0 Å². The van der Waals surface area contributed by atoms with Crippen LogP contribution >= 0.6 is 0 Å². The molecule has 0 unspecified atom stereocenters. The molecule has 21 heavy (non-hydrogen) atoms. The number of hydrogen-bond donors (Lipinski definition) is 1. The molecule has 1 N–H and O–H groups in total. The highest BCUT2D eigenvalue weighted by atomic mass is 16.3. The molecule has 0 aliphatic carbocycles. The molecule has 1 saturated heterocycles. The van der Waals surface area contributed by atoms with Gasteiger partial charge in [0.2, 0.25) is 5.91 Å². The standard InChI is InChI=1S/C15H20N4O2/c1-17(10-14(21)18-7-4-5-8-18)15-12(11-20)19-9-3-2-6-13(19)16-15/h2-3,6,9,20H,4-5,7-8,10-11H2,1H3. The molecular formula is C15H20N4O2. The number of fused-ring (bicyclic) bond motifs is 1. The fourth-order valence-electron chi connectivity index (χ4n) is 2.83. The van der Waals surface area contributed by atoms with Gasteiger partial charge in [0.25, 0.3) is 0 Å². The minimum absolute atomic E-state index is 0.108. The summed E-state index contributed by atoms with van der Waals surface area (Å²) in [4.78, 5) is 20.5. The van der Waals surface area contributed by atoms with E-state index in [9.17, 15) is 9.90 Å². The number of rotatable bonds is 4. The van der Waals surface area contributed by atoms with Crippen LogP contribution in [0.15, 0.2) is 24.4 Å². The van der Waals surface area contributed by atoms with Gasteiger partial charge in [-0.25, -0.2) is 4.98 Å². The number of nitrogens with zero attached hydrogens (tertiary/aromatic N) is 4. The van der Waals surface area contributed by atoms with E-state index >= 15 is 0 Å². The van der Waals surface area contributed by atoms with Crippen LogP contribution in [0.3, 0.4) is 0 Å². The number of likely N-dealkylation sites (N-methyl/N-ethyl adjacent to an activating group) is 1. The predicted molar refractivity (Wildman–Crippen MR) is 80.2 cm³/mol. The molecule has 1 fully saturated rings. The summed E-state index contributed by atoms with van der Waals surface area (Å²) in [5, 5.41) is 9.62. The van der Waals surface area contributed by atoms with Crippen LogP contribution in [0.25, 0.3) is 5.65 Å². The van der Waals surface area contributed by atoms with Crippen LogP contribution in [0.1, 0.15) is 18.5 Å². The summed E-state index contributed by atoms with van der Waals surface area (Å²) in [7, 11) is 1.84. The molecule has 1 aliphatic heterocycles. The quantitative estimate of drug-likeness (QED) is 0.907. The molecule has 2 aromatic rings. The molecule has 2 aromatic heterocycles. The third kappa shape index (κ3) is 2.58. The number of carbonyl (C=O) groups is 1. The first-order valence-corrected chi connectivity index (χ1v) is 7.26. The van der Waals surface area contributed by atoms with E-state index in [0.717, 1.165) is 31.6 Å². The maximum Gasteiger partial charge on any atom is 0.242 e. The van der Waals surface area contributed by atoms with Crippen molar-refractivity contribution in [2.45, 2.75) is 19.4 Å². The number of anilines is 1. The number of amides is 1. The number of aromatic nitrogens is 2. The molecule has 0 spiro atoms. The second-order valence-corrected chi connectivity index (χ2v) is 5.41. The Kier molecular flexibility index (Phi) is 3.79. The lowest BCUT2D eigenvalue weighted by Gasteiger charge is -2.21. The first-order chi connectivity index (χ1) is 10.2. The van der Waals surface area contributed by atoms with Crippen molar-refractivity contribution in [3.8, 4) is 0 Å². The lowest BCUT2D eigenvalue weighted by Crippen LogP contribution is -2.37. The molecule has 0 aromatic carbocycles. The maximum atomic E-state index is 12.2. The zero-order chi connectivity index (χ0) is 14.8. The SMILES string of the molecule is CN(CC(=O)N1CCCC1)c1nc2ccccn2c1CO. The number of imidazole rings is 1. The fraction of sp³-hybridized carbons (Fsp3) is 0.467. The van der Waals surface area contributed by atoms with E-state index < -0.39 is 0 Å². The molecule has 6 heteroatoms. The molecule has 112 valence electrons. The average Bonchev–Trinajstić information content (AvgIpc) is 3.14. The minimum Gasteiger partial charge on any atom is -0.390 e. The second-order valence-electron chi connectivity index (χ2n) is 5.41. The van der Waals surface area contributed by atoms with Crippen molar-refractivity contribution in [2.75, 3.05) is 31.6 Å². The third-order valence-corrected chi connectivity index (χ3v) is 3.95. The van der Waals surface area contributed by atoms with Gasteiger partial charge in [-0.05, 0) is 25.0 Å². The highest BCUT2D eigenvalue weighted by Gasteiger charge is 2.22. The highest BCUT2D eigenvalue weighted by Crippen LogP contribution is 2.21. The highest BCUT2D eigenvalue weighted by molar-refractivity contribution is 5.81. The predicted octanol–water partition coefficient (Wildman–Crippen LogP) is 0.885. The first kappa shape index (κ1) is 13.9. The largest absolute Gasteiger partial charge is 0.390 e. The number of likely N-dealkylation sites (tertiary alicyclic amines) is 1. The molecule has 0 radical (unpaired) electrons. The van der Waals surface area contributed by atoms with Crippen LogP contribution in [-0.2, 0) is 11.4 Å². The maximum absolute atomic E-state index is 12.2. The average molecular weight is 288 g/mol. The molecule has 6 nitrogen and oxygen atoms in total. The van der Waals surface area contributed by atoms with E-state index in [1.807, 2.05) is 45.6 Å². The summed E-state index contributed by atoms with van der Waals surface area (Å²) in [6, 6.07) is 5.69. The second kappa shape index (κ2) is 5.73. The van der Waals surface area contributed by atoms with Crippen LogP contribution in [0.4, 0.5) is 5.82 Å². The van der Waals surface area contributed by atoms with Gasteiger partial charge < -0.3 is 14.9 Å². The van der Waals surface area contributed by atoms with E-state index in [2.05, 4.69) is 4.98 Å². The number of hydrogen-bond acceptors (Lipinski definition) is 4. The smallest absolute Gasteiger partial charge is 0.242 e. The summed E-state index contributed by atoms with van der Waals surface area (Å²) in [6.45, 7) is 1.88. The van der Waals surface area contributed by atoms with Crippen molar-refractivity contribution in [1.29, 1.82) is 0 Å². The van der Waals surface area contributed by atoms with Gasteiger partial charge in [0.1, 0.15) is 5.65 Å². The molecule has 1 aliphatic rings. The molecule has 3 rings (SSSR count).